The number of hydrogen-bond donors (Lipinski definition) is 2. The summed E-state index contributed by atoms with van der Waals surface area (Å²) in [7, 11) is 0. The highest BCUT2D eigenvalue weighted by Crippen LogP contribution is 2.27. The molecule has 7 heteroatoms. The van der Waals surface area contributed by atoms with E-state index in [4.69, 9.17) is 0 Å². The zero-order valence-electron chi connectivity index (χ0n) is 16.1. The van der Waals surface area contributed by atoms with Crippen LogP contribution in [-0.4, -0.2) is 21.6 Å². The van der Waals surface area contributed by atoms with Gasteiger partial charge >= 0.3 is 0 Å². The number of carbonyl (C=O) groups is 1. The van der Waals surface area contributed by atoms with Gasteiger partial charge in [0.15, 0.2) is 5.16 Å². The van der Waals surface area contributed by atoms with E-state index in [-0.39, 0.29) is 23.0 Å². The number of aromatic amines is 1. The molecular formula is C21H26FN3O2S. The van der Waals surface area contributed by atoms with Gasteiger partial charge < -0.3 is 10.3 Å². The lowest BCUT2D eigenvalue weighted by molar-refractivity contribution is -0.113. The number of thioether (sulfide) groups is 1. The van der Waals surface area contributed by atoms with Gasteiger partial charge in [-0.1, -0.05) is 50.8 Å². The van der Waals surface area contributed by atoms with E-state index in [9.17, 15) is 14.0 Å². The molecular weight excluding hydrogens is 377 g/mol. The summed E-state index contributed by atoms with van der Waals surface area (Å²) in [6, 6.07) is 5.61. The third-order valence-electron chi connectivity index (χ3n) is 5.11. The van der Waals surface area contributed by atoms with E-state index < -0.39 is 0 Å². The summed E-state index contributed by atoms with van der Waals surface area (Å²) in [5, 5.41) is 3.18. The van der Waals surface area contributed by atoms with Crippen molar-refractivity contribution in [3.05, 3.63) is 51.7 Å². The van der Waals surface area contributed by atoms with Crippen molar-refractivity contribution in [1.82, 2.24) is 9.97 Å². The van der Waals surface area contributed by atoms with E-state index in [2.05, 4.69) is 15.3 Å². The van der Waals surface area contributed by atoms with Crippen LogP contribution in [0.1, 0.15) is 50.3 Å². The minimum atomic E-state index is -0.351. The minimum Gasteiger partial charge on any atom is -0.325 e. The number of amides is 1. The number of halogens is 1. The van der Waals surface area contributed by atoms with Crippen LogP contribution in [0.15, 0.2) is 34.2 Å². The fourth-order valence-electron chi connectivity index (χ4n) is 3.65. The molecule has 1 fully saturated rings. The van der Waals surface area contributed by atoms with E-state index >= 15 is 0 Å². The summed E-state index contributed by atoms with van der Waals surface area (Å²) in [5.41, 5.74) is 2.06. The van der Waals surface area contributed by atoms with Crippen molar-refractivity contribution >= 4 is 23.4 Å². The first kappa shape index (κ1) is 20.6. The fourth-order valence-corrected chi connectivity index (χ4v) is 4.33. The van der Waals surface area contributed by atoms with Crippen molar-refractivity contribution in [1.29, 1.82) is 0 Å². The predicted molar refractivity (Wildman–Crippen MR) is 110 cm³/mol. The van der Waals surface area contributed by atoms with Gasteiger partial charge in [0.2, 0.25) is 5.91 Å². The molecule has 1 saturated carbocycles. The summed E-state index contributed by atoms with van der Waals surface area (Å²) in [4.78, 5) is 32.1. The van der Waals surface area contributed by atoms with Gasteiger partial charge in [-0.15, -0.1) is 0 Å². The van der Waals surface area contributed by atoms with Crippen molar-refractivity contribution in [3.63, 3.8) is 0 Å². The molecule has 150 valence electrons. The Balaban J connectivity index is 1.65. The molecule has 3 rings (SSSR count). The topological polar surface area (TPSA) is 74.8 Å². The maximum absolute atomic E-state index is 12.9. The Hall–Kier alpha value is -2.15. The Morgan fingerprint density at radius 2 is 1.96 bits per heavy atom. The van der Waals surface area contributed by atoms with Gasteiger partial charge in [0.05, 0.1) is 11.4 Å². The molecule has 0 saturated heterocycles. The Kier molecular flexibility index (Phi) is 7.25. The molecule has 1 heterocycles. The first-order chi connectivity index (χ1) is 13.5. The lowest BCUT2D eigenvalue weighted by Crippen LogP contribution is -2.21. The van der Waals surface area contributed by atoms with Crippen LogP contribution in [0.3, 0.4) is 0 Å². The van der Waals surface area contributed by atoms with Crippen LogP contribution in [0, 0.1) is 11.7 Å². The van der Waals surface area contributed by atoms with E-state index in [1.54, 1.807) is 0 Å². The average Bonchev–Trinajstić information content (AvgIpc) is 2.69. The first-order valence-corrected chi connectivity index (χ1v) is 10.8. The van der Waals surface area contributed by atoms with Gasteiger partial charge in [0, 0.05) is 11.3 Å². The Morgan fingerprint density at radius 1 is 1.25 bits per heavy atom. The number of benzene rings is 1. The fraction of sp³-hybridized carbons (Fsp3) is 0.476. The smallest absolute Gasteiger partial charge is 0.254 e. The standard InChI is InChI=1S/C21H26FN3O2S/c1-2-17-18(12-14-6-4-3-5-7-14)24-21(25-20(17)27)28-13-19(26)23-16-10-8-15(22)9-11-16/h8-11,14H,2-7,12-13H2,1H3,(H,23,26)(H,24,25,27). The van der Waals surface area contributed by atoms with Crippen LogP contribution in [0.5, 0.6) is 0 Å². The molecule has 1 aliphatic rings. The normalized spacial score (nSPS) is 14.8. The van der Waals surface area contributed by atoms with Gasteiger partial charge in [0.1, 0.15) is 5.82 Å². The minimum absolute atomic E-state index is 0.107. The quantitative estimate of drug-likeness (QED) is 0.533. The van der Waals surface area contributed by atoms with Crippen molar-refractivity contribution in [2.45, 2.75) is 57.0 Å². The molecule has 2 aromatic rings. The Morgan fingerprint density at radius 3 is 2.64 bits per heavy atom. The molecule has 0 spiro atoms. The molecule has 1 aromatic carbocycles. The third kappa shape index (κ3) is 5.67. The number of aromatic nitrogens is 2. The van der Waals surface area contributed by atoms with Gasteiger partial charge in [-0.05, 0) is 43.0 Å². The van der Waals surface area contributed by atoms with E-state index in [1.807, 2.05) is 6.92 Å². The lowest BCUT2D eigenvalue weighted by Gasteiger charge is -2.22. The Bertz CT molecular complexity index is 861. The summed E-state index contributed by atoms with van der Waals surface area (Å²) in [6.07, 6.45) is 7.67. The summed E-state index contributed by atoms with van der Waals surface area (Å²) in [5.74, 6) is 0.130. The number of nitrogens with one attached hydrogen (secondary N) is 2. The molecule has 0 bridgehead atoms. The number of H-pyrrole nitrogens is 1. The maximum Gasteiger partial charge on any atom is 0.254 e. The molecule has 0 radical (unpaired) electrons. The molecule has 0 unspecified atom stereocenters. The molecule has 28 heavy (non-hydrogen) atoms. The van der Waals surface area contributed by atoms with E-state index in [1.165, 1.54) is 68.1 Å². The van der Waals surface area contributed by atoms with Crippen LogP contribution in [0.2, 0.25) is 0 Å². The maximum atomic E-state index is 12.9. The number of anilines is 1. The number of nitrogens with zero attached hydrogens (tertiary/aromatic N) is 1. The van der Waals surface area contributed by atoms with Crippen molar-refractivity contribution in [3.8, 4) is 0 Å². The van der Waals surface area contributed by atoms with Crippen molar-refractivity contribution in [2.24, 2.45) is 5.92 Å². The molecule has 2 N–H and O–H groups in total. The second-order valence-electron chi connectivity index (χ2n) is 7.20. The zero-order valence-corrected chi connectivity index (χ0v) is 16.9. The second kappa shape index (κ2) is 9.87. The van der Waals surface area contributed by atoms with Crippen LogP contribution in [0.25, 0.3) is 0 Å². The van der Waals surface area contributed by atoms with Crippen LogP contribution < -0.4 is 10.9 Å². The predicted octanol–water partition coefficient (Wildman–Crippen LogP) is 4.33. The van der Waals surface area contributed by atoms with Gasteiger partial charge in [-0.3, -0.25) is 9.59 Å². The van der Waals surface area contributed by atoms with Crippen LogP contribution >= 0.6 is 11.8 Å². The van der Waals surface area contributed by atoms with Crippen LogP contribution in [0.4, 0.5) is 10.1 Å². The molecule has 1 amide bonds. The highest BCUT2D eigenvalue weighted by atomic mass is 32.2. The first-order valence-electron chi connectivity index (χ1n) is 9.85. The lowest BCUT2D eigenvalue weighted by atomic mass is 9.85. The number of hydrogen-bond acceptors (Lipinski definition) is 4. The Labute approximate surface area is 168 Å². The molecule has 0 atom stereocenters. The number of carbonyl (C=O) groups excluding carboxylic acids is 1. The van der Waals surface area contributed by atoms with Gasteiger partial charge in [0.25, 0.3) is 5.56 Å². The summed E-state index contributed by atoms with van der Waals surface area (Å²) < 4.78 is 12.9. The molecule has 0 aliphatic heterocycles. The summed E-state index contributed by atoms with van der Waals surface area (Å²) >= 11 is 1.21. The average molecular weight is 404 g/mol. The van der Waals surface area contributed by atoms with Gasteiger partial charge in [-0.2, -0.15) is 0 Å². The van der Waals surface area contributed by atoms with Gasteiger partial charge in [-0.25, -0.2) is 9.37 Å². The van der Waals surface area contributed by atoms with Crippen LogP contribution in [-0.2, 0) is 17.6 Å². The summed E-state index contributed by atoms with van der Waals surface area (Å²) in [6.45, 7) is 1.97. The SMILES string of the molecule is CCc1c(CC2CCCCC2)nc(SCC(=O)Nc2ccc(F)cc2)[nH]c1=O. The van der Waals surface area contributed by atoms with Crippen molar-refractivity contribution < 1.29 is 9.18 Å². The van der Waals surface area contributed by atoms with E-state index in [0.717, 1.165) is 17.7 Å². The van der Waals surface area contributed by atoms with E-state index in [0.29, 0.717) is 23.2 Å². The number of rotatable bonds is 7. The highest BCUT2D eigenvalue weighted by Gasteiger charge is 2.19. The van der Waals surface area contributed by atoms with Crippen molar-refractivity contribution in [2.75, 3.05) is 11.1 Å². The molecule has 5 nitrogen and oxygen atoms in total. The second-order valence-corrected chi connectivity index (χ2v) is 8.17. The third-order valence-corrected chi connectivity index (χ3v) is 5.98. The highest BCUT2D eigenvalue weighted by molar-refractivity contribution is 7.99. The largest absolute Gasteiger partial charge is 0.325 e. The zero-order chi connectivity index (χ0) is 19.9. The molecule has 1 aliphatic carbocycles. The molecule has 1 aromatic heterocycles. The monoisotopic (exact) mass is 403 g/mol.